The summed E-state index contributed by atoms with van der Waals surface area (Å²) in [5.41, 5.74) is 0.621. The Hall–Kier alpha value is -3.19. The van der Waals surface area contributed by atoms with Crippen LogP contribution in [-0.4, -0.2) is 53.6 Å². The number of esters is 1. The number of para-hydroxylation sites is 1. The first-order valence-electron chi connectivity index (χ1n) is 9.12. The highest BCUT2D eigenvalue weighted by Gasteiger charge is 2.64. The number of ether oxygens (including phenoxy) is 1. The Morgan fingerprint density at radius 1 is 1.14 bits per heavy atom. The van der Waals surface area contributed by atoms with Crippen LogP contribution in [-0.2, 0) is 24.7 Å². The van der Waals surface area contributed by atoms with Crippen LogP contribution in [0.5, 0.6) is 0 Å². The van der Waals surface area contributed by atoms with E-state index in [-0.39, 0.29) is 19.7 Å². The number of carbonyl (C=O) groups is 3. The molecule has 2 aliphatic heterocycles. The molecule has 2 aromatic rings. The van der Waals surface area contributed by atoms with Crippen LogP contribution in [0.25, 0.3) is 0 Å². The number of aliphatic hydroxyl groups excluding tert-OH is 1. The molecule has 1 N–H and O–H groups in total. The van der Waals surface area contributed by atoms with Gasteiger partial charge in [-0.2, -0.15) is 0 Å². The number of rotatable bonds is 4. The van der Waals surface area contributed by atoms with E-state index in [1.165, 1.54) is 9.80 Å². The smallest absolute Gasteiger partial charge is 0.326 e. The third kappa shape index (κ3) is 2.43. The number of carbonyl (C=O) groups excluding carboxylic acids is 3. The minimum atomic E-state index is -1.31. The SMILES string of the molecule is CCOC(=O)CN1C(=O)CN2C(=O)[C@@H](O)[C@]2(c2ccccc2)c2ccccc21. The standard InChI is InChI=1S/C21H20N2O5/c1-2-28-18(25)13-22-16-11-7-6-10-15(16)21(14-8-4-3-5-9-14)19(26)20(27)23(21)12-17(22)24/h3-11,19,26H,2,12-13H2,1H3/t19-,21+/m1/s1. The van der Waals surface area contributed by atoms with E-state index in [0.29, 0.717) is 16.8 Å². The molecular weight excluding hydrogens is 360 g/mol. The molecule has 0 saturated carbocycles. The molecule has 7 nitrogen and oxygen atoms in total. The number of aliphatic hydroxyl groups is 1. The summed E-state index contributed by atoms with van der Waals surface area (Å²) < 4.78 is 5.01. The van der Waals surface area contributed by atoms with Gasteiger partial charge in [0.05, 0.1) is 12.3 Å². The Labute approximate surface area is 162 Å². The van der Waals surface area contributed by atoms with Crippen LogP contribution in [0.3, 0.4) is 0 Å². The highest BCUT2D eigenvalue weighted by Crippen LogP contribution is 2.51. The fourth-order valence-corrected chi connectivity index (χ4v) is 4.13. The molecule has 2 atom stereocenters. The molecule has 2 amide bonds. The Bertz CT molecular complexity index is 945. The molecular formula is C21H20N2O5. The summed E-state index contributed by atoms with van der Waals surface area (Å²) in [5, 5.41) is 10.8. The van der Waals surface area contributed by atoms with Crippen molar-refractivity contribution in [2.24, 2.45) is 0 Å². The third-order valence-corrected chi connectivity index (χ3v) is 5.33. The first-order chi connectivity index (χ1) is 13.5. The van der Waals surface area contributed by atoms with Gasteiger partial charge in [0.1, 0.15) is 18.6 Å². The van der Waals surface area contributed by atoms with Crippen molar-refractivity contribution in [3.05, 3.63) is 65.7 Å². The highest BCUT2D eigenvalue weighted by molar-refractivity contribution is 6.06. The molecule has 0 aliphatic carbocycles. The summed E-state index contributed by atoms with van der Waals surface area (Å²) in [6, 6.07) is 16.2. The van der Waals surface area contributed by atoms with Crippen LogP contribution in [0.15, 0.2) is 54.6 Å². The van der Waals surface area contributed by atoms with E-state index in [2.05, 4.69) is 0 Å². The van der Waals surface area contributed by atoms with Gasteiger partial charge >= 0.3 is 5.97 Å². The van der Waals surface area contributed by atoms with Crippen molar-refractivity contribution in [1.82, 2.24) is 4.90 Å². The van der Waals surface area contributed by atoms with E-state index in [9.17, 15) is 19.5 Å². The molecule has 4 rings (SSSR count). The van der Waals surface area contributed by atoms with Gasteiger partial charge in [-0.3, -0.25) is 19.3 Å². The number of amides is 2. The van der Waals surface area contributed by atoms with Crippen LogP contribution in [0.2, 0.25) is 0 Å². The molecule has 144 valence electrons. The minimum Gasteiger partial charge on any atom is -0.465 e. The van der Waals surface area contributed by atoms with Crippen LogP contribution < -0.4 is 4.90 Å². The van der Waals surface area contributed by atoms with E-state index >= 15 is 0 Å². The van der Waals surface area contributed by atoms with Crippen molar-refractivity contribution in [2.75, 3.05) is 24.6 Å². The van der Waals surface area contributed by atoms with Gasteiger partial charge in [0, 0.05) is 5.56 Å². The van der Waals surface area contributed by atoms with Gasteiger partial charge in [-0.05, 0) is 18.6 Å². The third-order valence-electron chi connectivity index (χ3n) is 5.33. The average Bonchev–Trinajstić information content (AvgIpc) is 2.81. The lowest BCUT2D eigenvalue weighted by molar-refractivity contribution is -0.181. The maximum atomic E-state index is 13.0. The van der Waals surface area contributed by atoms with Crippen LogP contribution >= 0.6 is 0 Å². The molecule has 1 saturated heterocycles. The molecule has 1 fully saturated rings. The quantitative estimate of drug-likeness (QED) is 0.633. The van der Waals surface area contributed by atoms with Crippen molar-refractivity contribution in [3.8, 4) is 0 Å². The molecule has 0 unspecified atom stereocenters. The number of benzene rings is 2. The van der Waals surface area contributed by atoms with Crippen LogP contribution in [0.1, 0.15) is 18.1 Å². The number of fused-ring (bicyclic) bond motifs is 3. The van der Waals surface area contributed by atoms with Gasteiger partial charge in [0.15, 0.2) is 6.10 Å². The average molecular weight is 380 g/mol. The monoisotopic (exact) mass is 380 g/mol. The summed E-state index contributed by atoms with van der Waals surface area (Å²) in [6.07, 6.45) is -1.31. The highest BCUT2D eigenvalue weighted by atomic mass is 16.5. The predicted molar refractivity (Wildman–Crippen MR) is 100 cm³/mol. The first-order valence-corrected chi connectivity index (χ1v) is 9.12. The summed E-state index contributed by atoms with van der Waals surface area (Å²) >= 11 is 0. The molecule has 0 spiro atoms. The number of anilines is 1. The summed E-state index contributed by atoms with van der Waals surface area (Å²) in [4.78, 5) is 40.3. The Balaban J connectivity index is 1.91. The Kier molecular flexibility index (Phi) is 4.39. The van der Waals surface area contributed by atoms with Crippen molar-refractivity contribution in [3.63, 3.8) is 0 Å². The number of nitrogens with zero attached hydrogens (tertiary/aromatic N) is 2. The zero-order chi connectivity index (χ0) is 19.9. The van der Waals surface area contributed by atoms with Crippen molar-refractivity contribution < 1.29 is 24.2 Å². The fraction of sp³-hybridized carbons (Fsp3) is 0.286. The maximum absolute atomic E-state index is 13.0. The van der Waals surface area contributed by atoms with Crippen molar-refractivity contribution in [2.45, 2.75) is 18.6 Å². The first kappa shape index (κ1) is 18.2. The molecule has 2 heterocycles. The van der Waals surface area contributed by atoms with E-state index in [1.807, 2.05) is 30.3 Å². The summed E-state index contributed by atoms with van der Waals surface area (Å²) in [6.45, 7) is 1.41. The second-order valence-electron chi connectivity index (χ2n) is 6.76. The normalized spacial score (nSPS) is 23.4. The lowest BCUT2D eigenvalue weighted by Gasteiger charge is -2.54. The Morgan fingerprint density at radius 3 is 2.54 bits per heavy atom. The fourth-order valence-electron chi connectivity index (χ4n) is 4.13. The van der Waals surface area contributed by atoms with Gasteiger partial charge in [-0.15, -0.1) is 0 Å². The zero-order valence-corrected chi connectivity index (χ0v) is 15.4. The number of hydrogen-bond acceptors (Lipinski definition) is 5. The molecule has 28 heavy (non-hydrogen) atoms. The van der Waals surface area contributed by atoms with E-state index in [0.717, 1.165) is 0 Å². The number of β-lactam (4-membered cyclic amide) rings is 1. The second kappa shape index (κ2) is 6.76. The van der Waals surface area contributed by atoms with E-state index in [1.54, 1.807) is 31.2 Å². The minimum absolute atomic E-state index is 0.208. The molecule has 0 aromatic heterocycles. The number of hydrogen-bond donors (Lipinski definition) is 1. The zero-order valence-electron chi connectivity index (χ0n) is 15.4. The topological polar surface area (TPSA) is 87.2 Å². The lowest BCUT2D eigenvalue weighted by atomic mass is 9.70. The second-order valence-corrected chi connectivity index (χ2v) is 6.76. The van der Waals surface area contributed by atoms with Gasteiger partial charge in [0.25, 0.3) is 5.91 Å². The predicted octanol–water partition coefficient (Wildman–Crippen LogP) is 1.04. The van der Waals surface area contributed by atoms with Gasteiger partial charge in [-0.25, -0.2) is 0 Å². The van der Waals surface area contributed by atoms with Gasteiger partial charge < -0.3 is 14.7 Å². The maximum Gasteiger partial charge on any atom is 0.326 e. The summed E-state index contributed by atoms with van der Waals surface area (Å²) in [5.74, 6) is -1.45. The summed E-state index contributed by atoms with van der Waals surface area (Å²) in [7, 11) is 0. The van der Waals surface area contributed by atoms with Gasteiger partial charge in [-0.1, -0.05) is 48.5 Å². The van der Waals surface area contributed by atoms with E-state index < -0.39 is 29.4 Å². The molecule has 2 aliphatic rings. The molecule has 7 heteroatoms. The van der Waals surface area contributed by atoms with Crippen LogP contribution in [0.4, 0.5) is 5.69 Å². The molecule has 0 bridgehead atoms. The Morgan fingerprint density at radius 2 is 1.82 bits per heavy atom. The van der Waals surface area contributed by atoms with Crippen LogP contribution in [0, 0.1) is 0 Å². The molecule has 2 aromatic carbocycles. The van der Waals surface area contributed by atoms with Crippen molar-refractivity contribution >= 4 is 23.5 Å². The van der Waals surface area contributed by atoms with Gasteiger partial charge in [0.2, 0.25) is 5.91 Å². The molecule has 0 radical (unpaired) electrons. The largest absolute Gasteiger partial charge is 0.465 e. The lowest BCUT2D eigenvalue weighted by Crippen LogP contribution is -2.72. The van der Waals surface area contributed by atoms with Crippen molar-refractivity contribution in [1.29, 1.82) is 0 Å². The van der Waals surface area contributed by atoms with E-state index in [4.69, 9.17) is 4.74 Å².